The summed E-state index contributed by atoms with van der Waals surface area (Å²) >= 11 is 7.68. The number of benzene rings is 4. The van der Waals surface area contributed by atoms with Crippen LogP contribution in [-0.2, 0) is 6.61 Å². The zero-order valence-corrected chi connectivity index (χ0v) is 28.3. The van der Waals surface area contributed by atoms with E-state index in [1.807, 2.05) is 84.9 Å². The molecular formula is C36H41ClO4SSi. The molecule has 1 atom stereocenters. The minimum Gasteiger partial charge on any atom is -0.543 e. The Balaban J connectivity index is 1.62. The fraction of sp³-hybridized carbons (Fsp3) is 0.306. The van der Waals surface area contributed by atoms with E-state index in [4.69, 9.17) is 20.8 Å². The Hall–Kier alpha value is -3.19. The van der Waals surface area contributed by atoms with Crippen molar-refractivity contribution >= 4 is 37.5 Å². The van der Waals surface area contributed by atoms with E-state index in [9.17, 15) is 9.90 Å². The first-order valence-electron chi connectivity index (χ1n) is 14.8. The zero-order chi connectivity index (χ0) is 31.1. The number of halogens is 1. The predicted molar refractivity (Wildman–Crippen MR) is 181 cm³/mol. The van der Waals surface area contributed by atoms with E-state index in [1.165, 1.54) is 11.8 Å². The zero-order valence-electron chi connectivity index (χ0n) is 25.7. The number of hydrogen-bond donors (Lipinski definition) is 1. The van der Waals surface area contributed by atoms with Crippen LogP contribution < -0.4 is 9.16 Å². The molecule has 0 aliphatic heterocycles. The number of phenols is 1. The summed E-state index contributed by atoms with van der Waals surface area (Å²) in [4.78, 5) is 14.5. The number of phenolic OH excluding ortho intramolecular Hbond substituents is 1. The van der Waals surface area contributed by atoms with Crippen LogP contribution in [0.2, 0.25) is 21.6 Å². The van der Waals surface area contributed by atoms with Gasteiger partial charge in [0, 0.05) is 11.6 Å². The van der Waals surface area contributed by atoms with Crippen LogP contribution >= 0.6 is 23.4 Å². The summed E-state index contributed by atoms with van der Waals surface area (Å²) in [5.41, 5.74) is 3.75. The quantitative estimate of drug-likeness (QED) is 0.0902. The number of Topliss-reactive ketones (excluding diaryl/α,β-unsaturated/α-hetero) is 1. The van der Waals surface area contributed by atoms with Crippen molar-refractivity contribution in [1.82, 2.24) is 0 Å². The highest BCUT2D eigenvalue weighted by Crippen LogP contribution is 2.46. The number of carbonyl (C=O) groups is 1. The number of carbonyl (C=O) groups excluding carboxylic acids is 1. The van der Waals surface area contributed by atoms with Crippen molar-refractivity contribution in [2.45, 2.75) is 74.9 Å². The van der Waals surface area contributed by atoms with E-state index in [0.717, 1.165) is 16.9 Å². The van der Waals surface area contributed by atoms with Crippen LogP contribution in [0.4, 0.5) is 0 Å². The van der Waals surface area contributed by atoms with Crippen molar-refractivity contribution in [2.24, 2.45) is 0 Å². The average Bonchev–Trinajstić information content (AvgIpc) is 3.00. The van der Waals surface area contributed by atoms with Gasteiger partial charge in [0.1, 0.15) is 23.9 Å². The van der Waals surface area contributed by atoms with Crippen LogP contribution in [0, 0.1) is 0 Å². The van der Waals surface area contributed by atoms with Gasteiger partial charge in [0.2, 0.25) is 0 Å². The lowest BCUT2D eigenvalue weighted by atomic mass is 10.0. The number of ether oxygens (including phenoxy) is 1. The minimum atomic E-state index is -2.13. The topological polar surface area (TPSA) is 55.8 Å². The highest BCUT2D eigenvalue weighted by molar-refractivity contribution is 8.00. The van der Waals surface area contributed by atoms with Crippen LogP contribution in [-0.4, -0.2) is 19.2 Å². The smallest absolute Gasteiger partial charge is 0.258 e. The van der Waals surface area contributed by atoms with Gasteiger partial charge in [-0.2, -0.15) is 0 Å². The van der Waals surface area contributed by atoms with Crippen molar-refractivity contribution in [3.63, 3.8) is 0 Å². The summed E-state index contributed by atoms with van der Waals surface area (Å²) in [7, 11) is -2.13. The van der Waals surface area contributed by atoms with Crippen molar-refractivity contribution in [1.29, 1.82) is 0 Å². The molecule has 226 valence electrons. The summed E-state index contributed by atoms with van der Waals surface area (Å²) in [5.74, 6) is 1.17. The lowest BCUT2D eigenvalue weighted by Crippen LogP contribution is -2.50. The van der Waals surface area contributed by atoms with Crippen molar-refractivity contribution < 1.29 is 19.1 Å². The maximum absolute atomic E-state index is 14.1. The van der Waals surface area contributed by atoms with Crippen molar-refractivity contribution in [3.8, 4) is 17.2 Å². The van der Waals surface area contributed by atoms with Gasteiger partial charge in [-0.1, -0.05) is 114 Å². The second-order valence-corrected chi connectivity index (χ2v) is 18.7. The van der Waals surface area contributed by atoms with Crippen LogP contribution in [0.5, 0.6) is 17.2 Å². The second-order valence-electron chi connectivity index (χ2n) is 11.7. The van der Waals surface area contributed by atoms with E-state index < -0.39 is 13.6 Å². The minimum absolute atomic E-state index is 0.0750. The van der Waals surface area contributed by atoms with Crippen LogP contribution in [0.1, 0.15) is 68.3 Å². The first-order chi connectivity index (χ1) is 20.5. The molecule has 4 aromatic rings. The molecule has 0 aliphatic rings. The summed E-state index contributed by atoms with van der Waals surface area (Å²) in [6.45, 7) is 13.9. The summed E-state index contributed by atoms with van der Waals surface area (Å²) in [5, 5.41) is 10.5. The van der Waals surface area contributed by atoms with E-state index in [1.54, 1.807) is 12.1 Å². The lowest BCUT2D eigenvalue weighted by Gasteiger charge is -2.42. The maximum Gasteiger partial charge on any atom is 0.258 e. The Morgan fingerprint density at radius 2 is 1.35 bits per heavy atom. The molecule has 0 heterocycles. The largest absolute Gasteiger partial charge is 0.543 e. The van der Waals surface area contributed by atoms with Gasteiger partial charge in [-0.25, -0.2) is 0 Å². The van der Waals surface area contributed by atoms with E-state index >= 15 is 0 Å². The van der Waals surface area contributed by atoms with Gasteiger partial charge in [0.05, 0.1) is 15.2 Å². The Kier molecular flexibility index (Phi) is 11.0. The first-order valence-corrected chi connectivity index (χ1v) is 18.2. The fourth-order valence-electron chi connectivity index (χ4n) is 5.89. The molecule has 0 bridgehead atoms. The molecule has 7 heteroatoms. The molecule has 1 unspecified atom stereocenters. The molecule has 0 aliphatic carbocycles. The molecule has 0 saturated heterocycles. The highest BCUT2D eigenvalue weighted by atomic mass is 35.5. The number of rotatable bonds is 13. The fourth-order valence-corrected chi connectivity index (χ4v) is 12.6. The number of ketones is 1. The summed E-state index contributed by atoms with van der Waals surface area (Å²) in [6.07, 6.45) is 0. The molecule has 0 spiro atoms. The Bertz CT molecular complexity index is 1470. The Labute approximate surface area is 266 Å². The molecule has 1 N–H and O–H groups in total. The highest BCUT2D eigenvalue weighted by Gasteiger charge is 2.47. The first kappa shape index (κ1) is 32.7. The van der Waals surface area contributed by atoms with Crippen molar-refractivity contribution in [2.75, 3.05) is 0 Å². The van der Waals surface area contributed by atoms with Gasteiger partial charge in [0.25, 0.3) is 8.32 Å². The normalized spacial score (nSPS) is 12.5. The average molecular weight is 633 g/mol. The van der Waals surface area contributed by atoms with Gasteiger partial charge in [-0.15, -0.1) is 11.8 Å². The molecule has 0 saturated carbocycles. The van der Waals surface area contributed by atoms with Gasteiger partial charge < -0.3 is 14.3 Å². The third-order valence-corrected chi connectivity index (χ3v) is 15.6. The van der Waals surface area contributed by atoms with E-state index in [0.29, 0.717) is 39.4 Å². The van der Waals surface area contributed by atoms with Gasteiger partial charge in [0.15, 0.2) is 5.78 Å². The summed E-state index contributed by atoms with van der Waals surface area (Å²) < 4.78 is 12.8. The molecule has 0 aromatic heterocycles. The number of hydrogen-bond acceptors (Lipinski definition) is 5. The lowest BCUT2D eigenvalue weighted by molar-refractivity contribution is 0.0989. The molecule has 0 amide bonds. The SMILES string of the molecule is CC(C)[Si](Oc1ccc(C(=O)C(Sc2cc(OCc3ccccc3)cc(Cl)c2O)c2ccccc2)cc1)(C(C)C)C(C)C. The molecule has 0 fully saturated rings. The van der Waals surface area contributed by atoms with Crippen molar-refractivity contribution in [3.05, 3.63) is 119 Å². The van der Waals surface area contributed by atoms with Gasteiger partial charge in [-0.3, -0.25) is 4.79 Å². The standard InChI is InChI=1S/C36H41ClO4SSi/c1-24(2)43(25(3)4,26(5)6)41-30-19-17-28(18-20-30)34(38)36(29-15-11-8-12-16-29)42-33-22-31(21-32(37)35(33)39)40-23-27-13-9-7-10-14-27/h7-22,24-26,36,39H,23H2,1-6H3. The second kappa shape index (κ2) is 14.5. The molecule has 43 heavy (non-hydrogen) atoms. The third-order valence-electron chi connectivity index (χ3n) is 7.98. The van der Waals surface area contributed by atoms with Gasteiger partial charge >= 0.3 is 0 Å². The molecule has 0 radical (unpaired) electrons. The number of aromatic hydroxyl groups is 1. The van der Waals surface area contributed by atoms with E-state index in [2.05, 4.69) is 41.5 Å². The van der Waals surface area contributed by atoms with Crippen LogP contribution in [0.25, 0.3) is 0 Å². The predicted octanol–water partition coefficient (Wildman–Crippen LogP) is 10.9. The summed E-state index contributed by atoms with van der Waals surface area (Å²) in [6, 6.07) is 30.3. The molecule has 4 rings (SSSR count). The molecular weight excluding hydrogens is 592 g/mol. The van der Waals surface area contributed by atoms with Crippen LogP contribution in [0.3, 0.4) is 0 Å². The Morgan fingerprint density at radius 1 is 0.791 bits per heavy atom. The monoisotopic (exact) mass is 632 g/mol. The number of thioether (sulfide) groups is 1. The van der Waals surface area contributed by atoms with E-state index in [-0.39, 0.29) is 16.6 Å². The Morgan fingerprint density at radius 3 is 1.91 bits per heavy atom. The van der Waals surface area contributed by atoms with Crippen LogP contribution in [0.15, 0.2) is 102 Å². The third kappa shape index (κ3) is 7.67. The maximum atomic E-state index is 14.1. The molecule has 4 aromatic carbocycles. The molecule has 4 nitrogen and oxygen atoms in total. The van der Waals surface area contributed by atoms with Gasteiger partial charge in [-0.05, 0) is 58.1 Å².